The third kappa shape index (κ3) is 9.15. The monoisotopic (exact) mass is 681 g/mol. The number of anilines is 1. The Morgan fingerprint density at radius 2 is 1.54 bits per heavy atom. The summed E-state index contributed by atoms with van der Waals surface area (Å²) in [6, 6.07) is 24.4. The number of alkyl halides is 3. The zero-order chi connectivity index (χ0) is 34.9. The van der Waals surface area contributed by atoms with Gasteiger partial charge in [0, 0.05) is 19.5 Å². The summed E-state index contributed by atoms with van der Waals surface area (Å²) in [5.74, 6) is -0.745. The molecule has 0 saturated carbocycles. The van der Waals surface area contributed by atoms with E-state index in [4.69, 9.17) is 4.74 Å². The number of hydrogen-bond acceptors (Lipinski definition) is 5. The molecular formula is C36H38F3N3O5S. The number of rotatable bonds is 14. The first kappa shape index (κ1) is 36.0. The summed E-state index contributed by atoms with van der Waals surface area (Å²) in [6.07, 6.45) is -4.04. The Morgan fingerprint density at radius 1 is 0.875 bits per heavy atom. The largest absolute Gasteiger partial charge is 0.497 e. The van der Waals surface area contributed by atoms with Crippen LogP contribution >= 0.6 is 0 Å². The van der Waals surface area contributed by atoms with Crippen LogP contribution in [0.4, 0.5) is 18.9 Å². The van der Waals surface area contributed by atoms with E-state index >= 15 is 0 Å². The van der Waals surface area contributed by atoms with Gasteiger partial charge in [-0.05, 0) is 66.9 Å². The number of ether oxygens (including phenoxy) is 1. The van der Waals surface area contributed by atoms with Crippen LogP contribution in [0.1, 0.15) is 35.6 Å². The number of nitrogens with zero attached hydrogens (tertiary/aromatic N) is 2. The number of amides is 2. The topological polar surface area (TPSA) is 96.0 Å². The number of methoxy groups -OCH3 is 1. The number of benzene rings is 4. The van der Waals surface area contributed by atoms with E-state index in [2.05, 4.69) is 5.32 Å². The van der Waals surface area contributed by atoms with Crippen molar-refractivity contribution in [1.29, 1.82) is 0 Å². The Hall–Kier alpha value is -4.84. The van der Waals surface area contributed by atoms with E-state index in [0.29, 0.717) is 34.7 Å². The summed E-state index contributed by atoms with van der Waals surface area (Å²) in [7, 11) is -3.08. The number of carbonyl (C=O) groups excluding carboxylic acids is 2. The third-order valence-electron chi connectivity index (χ3n) is 7.66. The molecule has 0 aliphatic carbocycles. The molecule has 0 spiro atoms. The van der Waals surface area contributed by atoms with Crippen LogP contribution in [-0.2, 0) is 38.8 Å². The highest BCUT2D eigenvalue weighted by molar-refractivity contribution is 7.92. The van der Waals surface area contributed by atoms with Gasteiger partial charge in [0.2, 0.25) is 11.8 Å². The molecule has 0 heterocycles. The number of carbonyl (C=O) groups is 2. The van der Waals surface area contributed by atoms with Crippen LogP contribution in [0.25, 0.3) is 0 Å². The van der Waals surface area contributed by atoms with Crippen molar-refractivity contribution in [3.8, 4) is 5.75 Å². The molecule has 8 nitrogen and oxygen atoms in total. The van der Waals surface area contributed by atoms with E-state index in [1.165, 1.54) is 30.2 Å². The van der Waals surface area contributed by atoms with Crippen LogP contribution < -0.4 is 14.4 Å². The van der Waals surface area contributed by atoms with E-state index in [-0.39, 0.29) is 23.5 Å². The minimum atomic E-state index is -4.77. The molecular weight excluding hydrogens is 643 g/mol. The Balaban J connectivity index is 1.85. The van der Waals surface area contributed by atoms with Crippen molar-refractivity contribution in [1.82, 2.24) is 10.2 Å². The summed E-state index contributed by atoms with van der Waals surface area (Å²) < 4.78 is 75.6. The molecule has 1 atom stereocenters. The molecule has 12 heteroatoms. The Kier molecular flexibility index (Phi) is 11.9. The van der Waals surface area contributed by atoms with Gasteiger partial charge in [0.15, 0.2) is 0 Å². The highest BCUT2D eigenvalue weighted by Crippen LogP contribution is 2.33. The van der Waals surface area contributed by atoms with Gasteiger partial charge in [-0.3, -0.25) is 13.9 Å². The van der Waals surface area contributed by atoms with Crippen molar-refractivity contribution in [2.75, 3.05) is 24.5 Å². The molecule has 0 aliphatic rings. The van der Waals surface area contributed by atoms with Crippen molar-refractivity contribution < 1.29 is 35.9 Å². The summed E-state index contributed by atoms with van der Waals surface area (Å²) in [5.41, 5.74) is 0.679. The van der Waals surface area contributed by atoms with Gasteiger partial charge in [0.25, 0.3) is 10.0 Å². The lowest BCUT2D eigenvalue weighted by Crippen LogP contribution is -2.53. The minimum absolute atomic E-state index is 0.0976. The number of hydrogen-bond donors (Lipinski definition) is 1. The summed E-state index contributed by atoms with van der Waals surface area (Å²) >= 11 is 0. The SMILES string of the molecule is CCCNC(=O)[C@@H](Cc1ccccc1)N(Cc1cccc(OC)c1)C(=O)CN(c1cccc(C(F)(F)F)c1)S(=O)(=O)c1ccc(C)cc1. The maximum atomic E-state index is 14.5. The van der Waals surface area contributed by atoms with Gasteiger partial charge in [-0.1, -0.05) is 73.2 Å². The fraction of sp³-hybridized carbons (Fsp3) is 0.278. The summed E-state index contributed by atoms with van der Waals surface area (Å²) in [5, 5.41) is 2.85. The molecule has 0 aliphatic heterocycles. The number of aryl methyl sites for hydroxylation is 1. The number of nitrogens with one attached hydrogen (secondary N) is 1. The maximum absolute atomic E-state index is 14.5. The molecule has 4 aromatic rings. The van der Waals surface area contributed by atoms with Crippen LogP contribution in [-0.4, -0.2) is 51.4 Å². The van der Waals surface area contributed by atoms with E-state index < -0.39 is 46.2 Å². The molecule has 0 aromatic heterocycles. The van der Waals surface area contributed by atoms with Gasteiger partial charge >= 0.3 is 6.18 Å². The average molecular weight is 682 g/mol. The smallest absolute Gasteiger partial charge is 0.416 e. The van der Waals surface area contributed by atoms with Crippen molar-refractivity contribution in [3.05, 3.63) is 125 Å². The van der Waals surface area contributed by atoms with Gasteiger partial charge < -0.3 is 15.0 Å². The van der Waals surface area contributed by atoms with Gasteiger partial charge in [-0.15, -0.1) is 0 Å². The molecule has 0 bridgehead atoms. The third-order valence-corrected chi connectivity index (χ3v) is 9.44. The molecule has 0 unspecified atom stereocenters. The van der Waals surface area contributed by atoms with Crippen molar-refractivity contribution >= 4 is 27.5 Å². The first-order chi connectivity index (χ1) is 22.8. The lowest BCUT2D eigenvalue weighted by atomic mass is 10.0. The Labute approximate surface area is 279 Å². The first-order valence-electron chi connectivity index (χ1n) is 15.3. The molecule has 0 fully saturated rings. The molecule has 0 radical (unpaired) electrons. The van der Waals surface area contributed by atoms with Crippen LogP contribution in [0.15, 0.2) is 108 Å². The molecule has 254 valence electrons. The highest BCUT2D eigenvalue weighted by Gasteiger charge is 2.36. The number of halogens is 3. The zero-order valence-electron chi connectivity index (χ0n) is 26.9. The van der Waals surface area contributed by atoms with E-state index in [1.807, 2.05) is 25.1 Å². The molecule has 2 amide bonds. The van der Waals surface area contributed by atoms with Crippen LogP contribution in [0.3, 0.4) is 0 Å². The van der Waals surface area contributed by atoms with Crippen LogP contribution in [0.2, 0.25) is 0 Å². The Morgan fingerprint density at radius 3 is 2.19 bits per heavy atom. The molecule has 4 rings (SSSR count). The normalized spacial score (nSPS) is 12.2. The summed E-state index contributed by atoms with van der Waals surface area (Å²) in [6.45, 7) is 2.98. The molecule has 48 heavy (non-hydrogen) atoms. The number of sulfonamides is 1. The van der Waals surface area contributed by atoms with Gasteiger partial charge in [-0.2, -0.15) is 13.2 Å². The quantitative estimate of drug-likeness (QED) is 0.167. The zero-order valence-corrected chi connectivity index (χ0v) is 27.7. The molecule has 4 aromatic carbocycles. The second kappa shape index (κ2) is 15.8. The van der Waals surface area contributed by atoms with Gasteiger partial charge in [0.1, 0.15) is 18.3 Å². The predicted octanol–water partition coefficient (Wildman–Crippen LogP) is 6.38. The fourth-order valence-corrected chi connectivity index (χ4v) is 6.50. The minimum Gasteiger partial charge on any atom is -0.497 e. The lowest BCUT2D eigenvalue weighted by Gasteiger charge is -2.34. The molecule has 0 saturated heterocycles. The van der Waals surface area contributed by atoms with E-state index in [0.717, 1.165) is 23.3 Å². The summed E-state index contributed by atoms with van der Waals surface area (Å²) in [4.78, 5) is 29.3. The standard InChI is InChI=1S/C36H38F3N3O5S/c1-4-20-40-35(44)33(22-27-10-6-5-7-11-27)41(24-28-12-8-15-31(21-28)47-3)34(43)25-42(30-14-9-13-29(23-30)36(37,38)39)48(45,46)32-18-16-26(2)17-19-32/h5-19,21,23,33H,4,20,22,24-25H2,1-3H3,(H,40,44)/t33-/m1/s1. The highest BCUT2D eigenvalue weighted by atomic mass is 32.2. The fourth-order valence-electron chi connectivity index (χ4n) is 5.09. The average Bonchev–Trinajstić information content (AvgIpc) is 3.07. The van der Waals surface area contributed by atoms with Crippen molar-refractivity contribution in [3.63, 3.8) is 0 Å². The van der Waals surface area contributed by atoms with Gasteiger partial charge in [-0.25, -0.2) is 8.42 Å². The van der Waals surface area contributed by atoms with Gasteiger partial charge in [0.05, 0.1) is 23.3 Å². The predicted molar refractivity (Wildman–Crippen MR) is 178 cm³/mol. The maximum Gasteiger partial charge on any atom is 0.416 e. The molecule has 1 N–H and O–H groups in total. The van der Waals surface area contributed by atoms with E-state index in [1.54, 1.807) is 55.5 Å². The van der Waals surface area contributed by atoms with Crippen LogP contribution in [0, 0.1) is 6.92 Å². The first-order valence-corrected chi connectivity index (χ1v) is 16.8. The van der Waals surface area contributed by atoms with E-state index in [9.17, 15) is 31.2 Å². The Bertz CT molecular complexity index is 1800. The lowest BCUT2D eigenvalue weighted by molar-refractivity contribution is -0.140. The van der Waals surface area contributed by atoms with Crippen molar-refractivity contribution in [2.24, 2.45) is 0 Å². The van der Waals surface area contributed by atoms with Crippen molar-refractivity contribution in [2.45, 2.75) is 50.3 Å². The van der Waals surface area contributed by atoms with Crippen LogP contribution in [0.5, 0.6) is 5.75 Å². The second-order valence-corrected chi connectivity index (χ2v) is 13.1. The second-order valence-electron chi connectivity index (χ2n) is 11.2.